The van der Waals surface area contributed by atoms with Gasteiger partial charge in [-0.15, -0.1) is 11.3 Å². The molecule has 10 heteroatoms. The minimum atomic E-state index is -0.794. The van der Waals surface area contributed by atoms with E-state index in [2.05, 4.69) is 11.4 Å². The summed E-state index contributed by atoms with van der Waals surface area (Å²) in [4.78, 5) is 34.0. The Balaban J connectivity index is 1.96. The summed E-state index contributed by atoms with van der Waals surface area (Å²) in [6.07, 6.45) is 4.69. The second kappa shape index (κ2) is 7.51. The van der Waals surface area contributed by atoms with Crippen molar-refractivity contribution in [2.24, 2.45) is 0 Å². The highest BCUT2D eigenvalue weighted by Crippen LogP contribution is 2.37. The molecule has 0 saturated carbocycles. The van der Waals surface area contributed by atoms with Crippen molar-refractivity contribution in [3.05, 3.63) is 60.0 Å². The molecule has 0 aliphatic heterocycles. The first-order valence-corrected chi connectivity index (χ1v) is 9.02. The van der Waals surface area contributed by atoms with Crippen LogP contribution in [0.1, 0.15) is 45.6 Å². The lowest BCUT2D eigenvalue weighted by Crippen LogP contribution is -2.12. The van der Waals surface area contributed by atoms with Crippen molar-refractivity contribution in [2.45, 2.75) is 32.1 Å². The Morgan fingerprint density at radius 3 is 2.30 bits per heavy atom. The first kappa shape index (κ1) is 18.5. The van der Waals surface area contributed by atoms with Gasteiger partial charge in [0.05, 0.1) is 27.0 Å². The predicted molar refractivity (Wildman–Crippen MR) is 98.0 cm³/mol. The SMILES string of the molecule is N#Cc1c(NC(=O)c2cc([N+](=O)[O-])cc([N+](=O)[O-])c2)sc2c1CCCCC2. The minimum absolute atomic E-state index is 0.205. The van der Waals surface area contributed by atoms with Gasteiger partial charge in [0.2, 0.25) is 0 Å². The van der Waals surface area contributed by atoms with Crippen molar-refractivity contribution >= 4 is 33.6 Å². The van der Waals surface area contributed by atoms with Crippen molar-refractivity contribution in [2.75, 3.05) is 5.32 Å². The van der Waals surface area contributed by atoms with Crippen LogP contribution in [0.5, 0.6) is 0 Å². The number of nitrogens with zero attached hydrogens (tertiary/aromatic N) is 3. The van der Waals surface area contributed by atoms with E-state index in [9.17, 15) is 30.3 Å². The lowest BCUT2D eigenvalue weighted by molar-refractivity contribution is -0.394. The number of carbonyl (C=O) groups is 1. The van der Waals surface area contributed by atoms with E-state index in [-0.39, 0.29) is 5.56 Å². The number of amides is 1. The van der Waals surface area contributed by atoms with Crippen molar-refractivity contribution in [3.63, 3.8) is 0 Å². The monoisotopic (exact) mass is 386 g/mol. The molecular formula is C17H14N4O5S. The normalized spacial score (nSPS) is 13.1. The van der Waals surface area contributed by atoms with Crippen LogP contribution in [-0.4, -0.2) is 15.8 Å². The molecular weight excluding hydrogens is 372 g/mol. The van der Waals surface area contributed by atoms with Crippen molar-refractivity contribution in [1.82, 2.24) is 0 Å². The molecule has 1 aliphatic carbocycles. The number of aryl methyl sites for hydroxylation is 1. The lowest BCUT2D eigenvalue weighted by atomic mass is 10.1. The molecule has 0 bridgehead atoms. The molecule has 0 unspecified atom stereocenters. The van der Waals surface area contributed by atoms with E-state index in [1.54, 1.807) is 0 Å². The fourth-order valence-corrected chi connectivity index (χ4v) is 4.30. The molecule has 1 N–H and O–H groups in total. The zero-order valence-electron chi connectivity index (χ0n) is 14.1. The van der Waals surface area contributed by atoms with Crippen LogP contribution in [0.25, 0.3) is 0 Å². The third-order valence-electron chi connectivity index (χ3n) is 4.35. The van der Waals surface area contributed by atoms with Gasteiger partial charge < -0.3 is 5.32 Å². The number of anilines is 1. The van der Waals surface area contributed by atoms with Gasteiger partial charge in [-0.05, 0) is 31.2 Å². The number of hydrogen-bond donors (Lipinski definition) is 1. The Morgan fingerprint density at radius 2 is 1.70 bits per heavy atom. The topological polar surface area (TPSA) is 139 Å². The molecule has 1 heterocycles. The molecule has 0 radical (unpaired) electrons. The molecule has 0 fully saturated rings. The van der Waals surface area contributed by atoms with E-state index < -0.39 is 27.1 Å². The number of thiophene rings is 1. The van der Waals surface area contributed by atoms with Gasteiger partial charge in [-0.1, -0.05) is 6.42 Å². The molecule has 1 aromatic carbocycles. The molecule has 9 nitrogen and oxygen atoms in total. The first-order chi connectivity index (χ1) is 12.9. The van der Waals surface area contributed by atoms with Crippen LogP contribution >= 0.6 is 11.3 Å². The average Bonchev–Trinajstić information content (AvgIpc) is 2.80. The highest BCUT2D eigenvalue weighted by atomic mass is 32.1. The van der Waals surface area contributed by atoms with Crippen molar-refractivity contribution in [1.29, 1.82) is 5.26 Å². The van der Waals surface area contributed by atoms with E-state index in [0.29, 0.717) is 10.6 Å². The Bertz CT molecular complexity index is 960. The number of non-ortho nitro benzene ring substituents is 2. The van der Waals surface area contributed by atoms with Crippen LogP contribution in [0.2, 0.25) is 0 Å². The lowest BCUT2D eigenvalue weighted by Gasteiger charge is -2.04. The van der Waals surface area contributed by atoms with Gasteiger partial charge in [0, 0.05) is 17.0 Å². The van der Waals surface area contributed by atoms with E-state index in [1.165, 1.54) is 11.3 Å². The number of benzene rings is 1. The third-order valence-corrected chi connectivity index (χ3v) is 5.55. The van der Waals surface area contributed by atoms with Gasteiger partial charge in [0.25, 0.3) is 17.3 Å². The minimum Gasteiger partial charge on any atom is -0.312 e. The number of nitriles is 1. The van der Waals surface area contributed by atoms with Crippen LogP contribution in [0.3, 0.4) is 0 Å². The second-order valence-corrected chi connectivity index (χ2v) is 7.19. The Labute approximate surface area is 157 Å². The van der Waals surface area contributed by atoms with Gasteiger partial charge in [0.1, 0.15) is 11.1 Å². The summed E-state index contributed by atoms with van der Waals surface area (Å²) in [5, 5.41) is 34.4. The summed E-state index contributed by atoms with van der Waals surface area (Å²) in [7, 11) is 0. The van der Waals surface area contributed by atoms with E-state index >= 15 is 0 Å². The van der Waals surface area contributed by atoms with Crippen molar-refractivity contribution in [3.8, 4) is 6.07 Å². The quantitative estimate of drug-likeness (QED) is 0.479. The maximum atomic E-state index is 12.6. The number of carbonyl (C=O) groups excluding carboxylic acids is 1. The maximum Gasteiger partial charge on any atom is 0.277 e. The molecule has 138 valence electrons. The fraction of sp³-hybridized carbons (Fsp3) is 0.294. The van der Waals surface area contributed by atoms with Crippen LogP contribution in [0.15, 0.2) is 18.2 Å². The summed E-state index contributed by atoms with van der Waals surface area (Å²) in [6, 6.07) is 4.88. The summed E-state index contributed by atoms with van der Waals surface area (Å²) in [5.74, 6) is -0.727. The van der Waals surface area contributed by atoms with E-state index in [0.717, 1.165) is 60.7 Å². The number of rotatable bonds is 4. The number of nitro benzene ring substituents is 2. The van der Waals surface area contributed by atoms with E-state index in [4.69, 9.17) is 0 Å². The summed E-state index contributed by atoms with van der Waals surface area (Å²) in [5.41, 5.74) is 0.0579. The van der Waals surface area contributed by atoms with Crippen LogP contribution < -0.4 is 5.32 Å². The molecule has 1 amide bonds. The molecule has 1 aliphatic rings. The Morgan fingerprint density at radius 1 is 1.07 bits per heavy atom. The predicted octanol–water partition coefficient (Wildman–Crippen LogP) is 3.96. The van der Waals surface area contributed by atoms with Gasteiger partial charge >= 0.3 is 0 Å². The fourth-order valence-electron chi connectivity index (χ4n) is 3.06. The van der Waals surface area contributed by atoms with Crippen molar-refractivity contribution < 1.29 is 14.6 Å². The van der Waals surface area contributed by atoms with Gasteiger partial charge in [-0.2, -0.15) is 5.26 Å². The molecule has 0 spiro atoms. The van der Waals surface area contributed by atoms with Gasteiger partial charge in [0.15, 0.2) is 0 Å². The Hall–Kier alpha value is -3.32. The van der Waals surface area contributed by atoms with E-state index in [1.807, 2.05) is 0 Å². The zero-order valence-corrected chi connectivity index (χ0v) is 14.9. The number of fused-ring (bicyclic) bond motifs is 1. The summed E-state index contributed by atoms with van der Waals surface area (Å²) >= 11 is 1.32. The molecule has 0 atom stereocenters. The standard InChI is InChI=1S/C17H14N4O5S/c18-9-14-13-4-2-1-3-5-15(13)27-17(14)19-16(22)10-6-11(20(23)24)8-12(7-10)21(25)26/h6-8H,1-5H2,(H,19,22). The van der Waals surface area contributed by atoms with Crippen LogP contribution in [-0.2, 0) is 12.8 Å². The zero-order chi connectivity index (χ0) is 19.6. The summed E-state index contributed by atoms with van der Waals surface area (Å²) < 4.78 is 0. The molecule has 27 heavy (non-hydrogen) atoms. The number of hydrogen-bond acceptors (Lipinski definition) is 7. The second-order valence-electron chi connectivity index (χ2n) is 6.09. The highest BCUT2D eigenvalue weighted by Gasteiger charge is 2.24. The largest absolute Gasteiger partial charge is 0.312 e. The number of nitrogens with one attached hydrogen (secondary N) is 1. The number of nitro groups is 2. The summed E-state index contributed by atoms with van der Waals surface area (Å²) in [6.45, 7) is 0. The Kier molecular flexibility index (Phi) is 5.14. The van der Waals surface area contributed by atoms with Gasteiger partial charge in [-0.3, -0.25) is 25.0 Å². The highest BCUT2D eigenvalue weighted by molar-refractivity contribution is 7.16. The maximum absolute atomic E-state index is 12.6. The van der Waals surface area contributed by atoms with Gasteiger partial charge in [-0.25, -0.2) is 0 Å². The van der Waals surface area contributed by atoms with Crippen LogP contribution in [0, 0.1) is 31.6 Å². The third kappa shape index (κ3) is 3.78. The molecule has 3 rings (SSSR count). The molecule has 0 saturated heterocycles. The average molecular weight is 386 g/mol. The molecule has 1 aromatic heterocycles. The van der Waals surface area contributed by atoms with Crippen LogP contribution in [0.4, 0.5) is 16.4 Å². The molecule has 2 aromatic rings. The first-order valence-electron chi connectivity index (χ1n) is 8.20. The smallest absolute Gasteiger partial charge is 0.277 e.